The zero-order valence-electron chi connectivity index (χ0n) is 11.4. The van der Waals surface area contributed by atoms with Gasteiger partial charge in [-0.25, -0.2) is 14.2 Å². The Morgan fingerprint density at radius 3 is 2.60 bits per heavy atom. The number of halogens is 1. The summed E-state index contributed by atoms with van der Waals surface area (Å²) < 4.78 is 19.1. The normalized spacial score (nSPS) is 10.4. The first kappa shape index (κ1) is 14.0. The van der Waals surface area contributed by atoms with Gasteiger partial charge in [0.25, 0.3) is 0 Å². The Hall–Kier alpha value is -2.43. The van der Waals surface area contributed by atoms with Crippen molar-refractivity contribution < 1.29 is 19.0 Å². The fourth-order valence-corrected chi connectivity index (χ4v) is 1.93. The van der Waals surface area contributed by atoms with Crippen LogP contribution in [0.3, 0.4) is 0 Å². The van der Waals surface area contributed by atoms with Gasteiger partial charge < -0.3 is 9.84 Å². The SMILES string of the molecule is Cc1ccc(F)c(Oc2nc(C)cc(C)c2C(=O)O)c1. The van der Waals surface area contributed by atoms with Crippen molar-refractivity contribution in [3.05, 3.63) is 52.5 Å². The van der Waals surface area contributed by atoms with Gasteiger partial charge in [0, 0.05) is 5.69 Å². The Morgan fingerprint density at radius 2 is 1.95 bits per heavy atom. The topological polar surface area (TPSA) is 59.4 Å². The minimum absolute atomic E-state index is 0.0370. The Morgan fingerprint density at radius 1 is 1.25 bits per heavy atom. The van der Waals surface area contributed by atoms with Crippen LogP contribution in [0, 0.1) is 26.6 Å². The van der Waals surface area contributed by atoms with Crippen LogP contribution in [0.5, 0.6) is 11.6 Å². The number of pyridine rings is 1. The van der Waals surface area contributed by atoms with E-state index in [1.165, 1.54) is 12.1 Å². The fourth-order valence-electron chi connectivity index (χ4n) is 1.93. The molecule has 0 fully saturated rings. The standard InChI is InChI=1S/C15H14FNO3/c1-8-4-5-11(16)12(6-8)20-14-13(15(18)19)9(2)7-10(3)17-14/h4-7H,1-3H3,(H,18,19). The average molecular weight is 275 g/mol. The molecule has 2 aromatic rings. The molecule has 0 aliphatic heterocycles. The maximum atomic E-state index is 13.7. The van der Waals surface area contributed by atoms with Gasteiger partial charge in [-0.15, -0.1) is 0 Å². The monoisotopic (exact) mass is 275 g/mol. The molecule has 0 saturated heterocycles. The lowest BCUT2D eigenvalue weighted by atomic mass is 10.1. The largest absolute Gasteiger partial charge is 0.477 e. The molecule has 0 saturated carbocycles. The van der Waals surface area contributed by atoms with Crippen LogP contribution in [-0.2, 0) is 0 Å². The summed E-state index contributed by atoms with van der Waals surface area (Å²) in [6, 6.07) is 6.02. The number of ether oxygens (including phenoxy) is 1. The molecular formula is C15H14FNO3. The van der Waals surface area contributed by atoms with Crippen LogP contribution in [0.4, 0.5) is 4.39 Å². The van der Waals surface area contributed by atoms with Gasteiger partial charge in [0.05, 0.1) is 0 Å². The molecule has 1 N–H and O–H groups in total. The van der Waals surface area contributed by atoms with Crippen LogP contribution < -0.4 is 4.74 Å². The summed E-state index contributed by atoms with van der Waals surface area (Å²) in [6.07, 6.45) is 0. The van der Waals surface area contributed by atoms with Crippen molar-refractivity contribution in [1.82, 2.24) is 4.98 Å². The predicted octanol–water partition coefficient (Wildman–Crippen LogP) is 3.64. The summed E-state index contributed by atoms with van der Waals surface area (Å²) in [4.78, 5) is 15.3. The van der Waals surface area contributed by atoms with Crippen LogP contribution in [0.25, 0.3) is 0 Å². The summed E-state index contributed by atoms with van der Waals surface area (Å²) in [5.74, 6) is -1.85. The van der Waals surface area contributed by atoms with Crippen molar-refractivity contribution in [2.24, 2.45) is 0 Å². The van der Waals surface area contributed by atoms with Gasteiger partial charge >= 0.3 is 5.97 Å². The van der Waals surface area contributed by atoms with Gasteiger partial charge in [-0.2, -0.15) is 0 Å². The number of nitrogens with zero attached hydrogens (tertiary/aromatic N) is 1. The first-order chi connectivity index (χ1) is 9.38. The van der Waals surface area contributed by atoms with Crippen LogP contribution in [-0.4, -0.2) is 16.1 Å². The summed E-state index contributed by atoms with van der Waals surface area (Å²) in [7, 11) is 0. The zero-order valence-corrected chi connectivity index (χ0v) is 11.4. The highest BCUT2D eigenvalue weighted by atomic mass is 19.1. The third kappa shape index (κ3) is 2.77. The molecule has 0 radical (unpaired) electrons. The Bertz CT molecular complexity index is 683. The van der Waals surface area contributed by atoms with Crippen LogP contribution >= 0.6 is 0 Å². The van der Waals surface area contributed by atoms with Gasteiger partial charge in [-0.1, -0.05) is 6.07 Å². The highest BCUT2D eigenvalue weighted by Gasteiger charge is 2.19. The Labute approximate surface area is 115 Å². The molecule has 1 heterocycles. The number of carbonyl (C=O) groups is 1. The quantitative estimate of drug-likeness (QED) is 0.929. The molecule has 2 rings (SSSR count). The van der Waals surface area contributed by atoms with Gasteiger partial charge in [-0.05, 0) is 50.1 Å². The first-order valence-corrected chi connectivity index (χ1v) is 6.04. The number of carboxylic acid groups (broad SMARTS) is 1. The van der Waals surface area contributed by atoms with Gasteiger partial charge in [0.2, 0.25) is 5.88 Å². The molecule has 4 nitrogen and oxygen atoms in total. The molecule has 0 bridgehead atoms. The highest BCUT2D eigenvalue weighted by Crippen LogP contribution is 2.28. The zero-order chi connectivity index (χ0) is 14.9. The number of hydrogen-bond donors (Lipinski definition) is 1. The number of benzene rings is 1. The fraction of sp³-hybridized carbons (Fsp3) is 0.200. The number of aromatic nitrogens is 1. The van der Waals surface area contributed by atoms with Crippen molar-refractivity contribution in [3.63, 3.8) is 0 Å². The molecule has 0 spiro atoms. The van der Waals surface area contributed by atoms with Crippen LogP contribution in [0.15, 0.2) is 24.3 Å². The van der Waals surface area contributed by atoms with E-state index in [2.05, 4.69) is 4.98 Å². The third-order valence-corrected chi connectivity index (χ3v) is 2.82. The Kier molecular flexibility index (Phi) is 3.70. The molecule has 5 heteroatoms. The summed E-state index contributed by atoms with van der Waals surface area (Å²) in [5.41, 5.74) is 1.88. The second kappa shape index (κ2) is 5.28. The van der Waals surface area contributed by atoms with E-state index < -0.39 is 11.8 Å². The highest BCUT2D eigenvalue weighted by molar-refractivity contribution is 5.92. The number of aryl methyl sites for hydroxylation is 3. The van der Waals surface area contributed by atoms with Gasteiger partial charge in [0.1, 0.15) is 5.56 Å². The van der Waals surface area contributed by atoms with E-state index in [0.29, 0.717) is 11.3 Å². The molecular weight excluding hydrogens is 261 g/mol. The lowest BCUT2D eigenvalue weighted by Gasteiger charge is -2.11. The van der Waals surface area contributed by atoms with E-state index in [0.717, 1.165) is 5.56 Å². The number of hydrogen-bond acceptors (Lipinski definition) is 3. The average Bonchev–Trinajstić information content (AvgIpc) is 2.32. The minimum atomic E-state index is -1.15. The van der Waals surface area contributed by atoms with Crippen molar-refractivity contribution in [2.75, 3.05) is 0 Å². The number of aromatic carboxylic acids is 1. The first-order valence-electron chi connectivity index (χ1n) is 6.04. The summed E-state index contributed by atoms with van der Waals surface area (Å²) in [6.45, 7) is 5.16. The molecule has 0 amide bonds. The molecule has 0 atom stereocenters. The van der Waals surface area contributed by atoms with Crippen LogP contribution in [0.2, 0.25) is 0 Å². The number of rotatable bonds is 3. The molecule has 104 valence electrons. The molecule has 0 aliphatic carbocycles. The second-order valence-corrected chi connectivity index (χ2v) is 4.60. The third-order valence-electron chi connectivity index (χ3n) is 2.82. The van der Waals surface area contributed by atoms with Crippen LogP contribution in [0.1, 0.15) is 27.2 Å². The number of carboxylic acids is 1. The van der Waals surface area contributed by atoms with Crippen molar-refractivity contribution in [1.29, 1.82) is 0 Å². The maximum Gasteiger partial charge on any atom is 0.341 e. The van der Waals surface area contributed by atoms with E-state index in [1.54, 1.807) is 32.9 Å². The summed E-state index contributed by atoms with van der Waals surface area (Å²) >= 11 is 0. The molecule has 0 unspecified atom stereocenters. The maximum absolute atomic E-state index is 13.7. The van der Waals surface area contributed by atoms with E-state index in [1.807, 2.05) is 0 Å². The Balaban J connectivity index is 2.53. The molecule has 1 aromatic carbocycles. The molecule has 1 aromatic heterocycles. The lowest BCUT2D eigenvalue weighted by Crippen LogP contribution is -2.06. The van der Waals surface area contributed by atoms with Crippen molar-refractivity contribution >= 4 is 5.97 Å². The minimum Gasteiger partial charge on any atom is -0.477 e. The summed E-state index contributed by atoms with van der Waals surface area (Å²) in [5, 5.41) is 9.23. The van der Waals surface area contributed by atoms with E-state index in [9.17, 15) is 14.3 Å². The molecule has 0 aliphatic rings. The van der Waals surface area contributed by atoms with Crippen molar-refractivity contribution in [3.8, 4) is 11.6 Å². The second-order valence-electron chi connectivity index (χ2n) is 4.60. The predicted molar refractivity (Wildman–Crippen MR) is 71.9 cm³/mol. The van der Waals surface area contributed by atoms with E-state index in [4.69, 9.17) is 4.74 Å². The lowest BCUT2D eigenvalue weighted by molar-refractivity contribution is 0.0692. The molecule has 20 heavy (non-hydrogen) atoms. The smallest absolute Gasteiger partial charge is 0.341 e. The van der Waals surface area contributed by atoms with E-state index in [-0.39, 0.29) is 17.2 Å². The van der Waals surface area contributed by atoms with E-state index >= 15 is 0 Å². The van der Waals surface area contributed by atoms with Crippen molar-refractivity contribution in [2.45, 2.75) is 20.8 Å². The van der Waals surface area contributed by atoms with Gasteiger partial charge in [-0.3, -0.25) is 0 Å². The van der Waals surface area contributed by atoms with Gasteiger partial charge in [0.15, 0.2) is 11.6 Å².